The molecule has 0 aliphatic carbocycles. The first kappa shape index (κ1) is 18.2. The zero-order chi connectivity index (χ0) is 19.3. The normalized spacial score (nSPS) is 18.6. The molecule has 6 rings (SSSR count). The maximum Gasteiger partial charge on any atom is 0.182 e. The zero-order valence-electron chi connectivity index (χ0n) is 15.4. The minimum absolute atomic E-state index is 0.219. The second kappa shape index (κ2) is 7.20. The van der Waals surface area contributed by atoms with Gasteiger partial charge in [0.25, 0.3) is 0 Å². The van der Waals surface area contributed by atoms with Crippen molar-refractivity contribution in [3.8, 4) is 0 Å². The standard InChI is InChI=1S/C23H20Br2N2O/c24-18-5-6-21-19(12-18)17(11-22-23(28)15-7-9-26(22)10-8-15)14-27(21)13-16-3-1-2-4-20(16)25/h1-6,11-12,14-15H,7-10,13H2/b22-11-. The molecule has 0 spiro atoms. The number of rotatable bonds is 3. The summed E-state index contributed by atoms with van der Waals surface area (Å²) in [6.07, 6.45) is 6.30. The quantitative estimate of drug-likeness (QED) is 0.422. The van der Waals surface area contributed by atoms with E-state index in [1.165, 1.54) is 16.5 Å². The van der Waals surface area contributed by atoms with E-state index < -0.39 is 0 Å². The maximum atomic E-state index is 12.8. The number of halogens is 2. The van der Waals surface area contributed by atoms with Gasteiger partial charge in [-0.05, 0) is 48.7 Å². The average molecular weight is 500 g/mol. The molecule has 28 heavy (non-hydrogen) atoms. The van der Waals surface area contributed by atoms with Gasteiger partial charge in [-0.15, -0.1) is 0 Å². The maximum absolute atomic E-state index is 12.8. The monoisotopic (exact) mass is 498 g/mol. The summed E-state index contributed by atoms with van der Waals surface area (Å²) in [5.41, 5.74) is 4.41. The van der Waals surface area contributed by atoms with Gasteiger partial charge in [0.2, 0.25) is 0 Å². The van der Waals surface area contributed by atoms with E-state index in [0.29, 0.717) is 5.78 Å². The van der Waals surface area contributed by atoms with Crippen LogP contribution >= 0.6 is 31.9 Å². The number of hydrogen-bond donors (Lipinski definition) is 0. The fraction of sp³-hybridized carbons (Fsp3) is 0.261. The highest BCUT2D eigenvalue weighted by Crippen LogP contribution is 2.35. The fourth-order valence-corrected chi connectivity index (χ4v) is 5.18. The van der Waals surface area contributed by atoms with Crippen molar-refractivity contribution < 1.29 is 4.79 Å². The molecule has 1 aromatic heterocycles. The molecule has 3 fully saturated rings. The summed E-state index contributed by atoms with van der Waals surface area (Å²) in [5, 5.41) is 1.17. The highest BCUT2D eigenvalue weighted by molar-refractivity contribution is 9.10. The fourth-order valence-electron chi connectivity index (χ4n) is 4.41. The van der Waals surface area contributed by atoms with Crippen molar-refractivity contribution in [2.45, 2.75) is 19.4 Å². The molecule has 142 valence electrons. The molecular weight excluding hydrogens is 480 g/mol. The Kier molecular flexibility index (Phi) is 4.68. The van der Waals surface area contributed by atoms with Crippen molar-refractivity contribution in [1.82, 2.24) is 9.47 Å². The molecule has 3 nitrogen and oxygen atoms in total. The summed E-state index contributed by atoms with van der Waals surface area (Å²) >= 11 is 7.27. The molecule has 0 unspecified atom stereocenters. The van der Waals surface area contributed by atoms with E-state index in [9.17, 15) is 4.79 Å². The van der Waals surface area contributed by atoms with Gasteiger partial charge in [-0.2, -0.15) is 0 Å². The number of ketones is 1. The Morgan fingerprint density at radius 3 is 2.61 bits per heavy atom. The molecule has 3 saturated heterocycles. The van der Waals surface area contributed by atoms with E-state index in [-0.39, 0.29) is 5.92 Å². The van der Waals surface area contributed by atoms with Crippen LogP contribution in [0.2, 0.25) is 0 Å². The lowest BCUT2D eigenvalue weighted by Crippen LogP contribution is -2.45. The summed E-state index contributed by atoms with van der Waals surface area (Å²) in [4.78, 5) is 15.1. The van der Waals surface area contributed by atoms with Crippen molar-refractivity contribution in [2.75, 3.05) is 13.1 Å². The summed E-state index contributed by atoms with van der Waals surface area (Å²) in [7, 11) is 0. The van der Waals surface area contributed by atoms with Crippen LogP contribution < -0.4 is 0 Å². The van der Waals surface area contributed by atoms with Crippen molar-refractivity contribution in [2.24, 2.45) is 5.92 Å². The second-order valence-corrected chi connectivity index (χ2v) is 9.39. The minimum atomic E-state index is 0.219. The number of aromatic nitrogens is 1. The predicted octanol–water partition coefficient (Wildman–Crippen LogP) is 5.85. The van der Waals surface area contributed by atoms with E-state index in [4.69, 9.17) is 0 Å². The highest BCUT2D eigenvalue weighted by atomic mass is 79.9. The van der Waals surface area contributed by atoms with E-state index in [1.54, 1.807) is 0 Å². The van der Waals surface area contributed by atoms with Gasteiger partial charge in [0.15, 0.2) is 5.78 Å². The molecular formula is C23H20Br2N2O. The summed E-state index contributed by atoms with van der Waals surface area (Å²) in [5.74, 6) is 0.538. The largest absolute Gasteiger partial charge is 0.369 e. The Morgan fingerprint density at radius 1 is 1.07 bits per heavy atom. The van der Waals surface area contributed by atoms with E-state index in [1.807, 2.05) is 6.07 Å². The van der Waals surface area contributed by atoms with Crippen LogP contribution in [0.1, 0.15) is 24.0 Å². The molecule has 0 saturated carbocycles. The van der Waals surface area contributed by atoms with Crippen LogP contribution in [0.15, 0.2) is 63.3 Å². The SMILES string of the molecule is O=C1/C(=C/c2cn(Cc3ccccc3Br)c3ccc(Br)cc23)N2CCC1CC2. The lowest BCUT2D eigenvalue weighted by molar-refractivity contribution is -0.125. The van der Waals surface area contributed by atoms with Crippen LogP contribution in [0.5, 0.6) is 0 Å². The third-order valence-corrected chi connectivity index (χ3v) is 7.19. The van der Waals surface area contributed by atoms with Gasteiger partial charge in [-0.1, -0.05) is 50.1 Å². The topological polar surface area (TPSA) is 25.2 Å². The van der Waals surface area contributed by atoms with Crippen molar-refractivity contribution in [1.29, 1.82) is 0 Å². The average Bonchev–Trinajstić information content (AvgIpc) is 3.03. The van der Waals surface area contributed by atoms with Gasteiger partial charge in [0.05, 0.1) is 5.70 Å². The molecule has 0 radical (unpaired) electrons. The zero-order valence-corrected chi connectivity index (χ0v) is 18.5. The van der Waals surface area contributed by atoms with Crippen LogP contribution in [0.25, 0.3) is 17.0 Å². The van der Waals surface area contributed by atoms with E-state index >= 15 is 0 Å². The number of allylic oxidation sites excluding steroid dienone is 1. The highest BCUT2D eigenvalue weighted by Gasteiger charge is 2.36. The first-order chi connectivity index (χ1) is 13.6. The molecule has 5 heteroatoms. The molecule has 3 aliphatic rings. The third kappa shape index (κ3) is 3.15. The number of hydrogen-bond acceptors (Lipinski definition) is 2. The van der Waals surface area contributed by atoms with Crippen LogP contribution in [-0.4, -0.2) is 28.3 Å². The van der Waals surface area contributed by atoms with Crippen LogP contribution in [0, 0.1) is 5.92 Å². The van der Waals surface area contributed by atoms with Gasteiger partial charge in [-0.3, -0.25) is 4.79 Å². The van der Waals surface area contributed by atoms with Gasteiger partial charge in [0.1, 0.15) is 0 Å². The Balaban J connectivity index is 1.61. The Morgan fingerprint density at radius 2 is 1.86 bits per heavy atom. The minimum Gasteiger partial charge on any atom is -0.369 e. The Bertz CT molecular complexity index is 1110. The first-order valence-electron chi connectivity index (χ1n) is 9.63. The third-order valence-electron chi connectivity index (χ3n) is 5.92. The van der Waals surface area contributed by atoms with Crippen LogP contribution in [-0.2, 0) is 11.3 Å². The predicted molar refractivity (Wildman–Crippen MR) is 120 cm³/mol. The number of benzene rings is 2. The summed E-state index contributed by atoms with van der Waals surface area (Å²) in [6.45, 7) is 2.78. The van der Waals surface area contributed by atoms with Crippen LogP contribution in [0.3, 0.4) is 0 Å². The number of carbonyl (C=O) groups excluding carboxylic acids is 1. The first-order valence-corrected chi connectivity index (χ1v) is 11.2. The van der Waals surface area contributed by atoms with Gasteiger partial charge in [-0.25, -0.2) is 0 Å². The molecule has 3 aromatic rings. The number of Topliss-reactive ketones (excluding diaryl/α,β-unsaturated/α-hetero) is 1. The van der Waals surface area contributed by atoms with Gasteiger partial charge >= 0.3 is 0 Å². The lowest BCUT2D eigenvalue weighted by Gasteiger charge is -2.41. The smallest absolute Gasteiger partial charge is 0.182 e. The van der Waals surface area contributed by atoms with Crippen molar-refractivity contribution in [3.05, 3.63) is 74.4 Å². The van der Waals surface area contributed by atoms with Gasteiger partial charge < -0.3 is 9.47 Å². The number of fused-ring (bicyclic) bond motifs is 4. The van der Waals surface area contributed by atoms with Crippen molar-refractivity contribution >= 4 is 54.6 Å². The molecule has 3 aliphatic heterocycles. The number of carbonyl (C=O) groups is 1. The van der Waals surface area contributed by atoms with Gasteiger partial charge in [0, 0.05) is 57.2 Å². The second-order valence-electron chi connectivity index (χ2n) is 7.62. The molecule has 0 amide bonds. The van der Waals surface area contributed by atoms with E-state index in [2.05, 4.69) is 90.0 Å². The van der Waals surface area contributed by atoms with E-state index in [0.717, 1.165) is 52.7 Å². The van der Waals surface area contributed by atoms with Crippen LogP contribution in [0.4, 0.5) is 0 Å². The van der Waals surface area contributed by atoms with Crippen molar-refractivity contribution in [3.63, 3.8) is 0 Å². The molecule has 4 heterocycles. The summed E-state index contributed by atoms with van der Waals surface area (Å²) in [6, 6.07) is 14.7. The Labute approximate surface area is 181 Å². The molecule has 2 aromatic carbocycles. The lowest BCUT2D eigenvalue weighted by atomic mass is 9.84. The Hall–Kier alpha value is -1.85. The number of piperidine rings is 3. The summed E-state index contributed by atoms with van der Waals surface area (Å²) < 4.78 is 4.43. The molecule has 2 bridgehead atoms. The molecule has 0 atom stereocenters. The molecule has 0 N–H and O–H groups in total. The number of nitrogens with zero attached hydrogens (tertiary/aromatic N) is 2.